The smallest absolute Gasteiger partial charge is 0.240 e. The summed E-state index contributed by atoms with van der Waals surface area (Å²) in [6, 6.07) is 0. The van der Waals surface area contributed by atoms with Crippen LogP contribution in [0, 0.1) is 5.92 Å². The summed E-state index contributed by atoms with van der Waals surface area (Å²) >= 11 is 0. The monoisotopic (exact) mass is 266 g/mol. The number of aryl methyl sites for hydroxylation is 1. The van der Waals surface area contributed by atoms with Crippen molar-refractivity contribution in [3.8, 4) is 0 Å². The van der Waals surface area contributed by atoms with E-state index in [0.717, 1.165) is 56.7 Å². The van der Waals surface area contributed by atoms with Crippen molar-refractivity contribution in [2.24, 2.45) is 5.92 Å². The highest BCUT2D eigenvalue weighted by Gasteiger charge is 2.18. The molecule has 0 bridgehead atoms. The molecule has 19 heavy (non-hydrogen) atoms. The molecule has 0 spiro atoms. The van der Waals surface area contributed by atoms with E-state index < -0.39 is 0 Å². The van der Waals surface area contributed by atoms with E-state index in [1.807, 2.05) is 6.92 Å². The Morgan fingerprint density at radius 2 is 2.32 bits per heavy atom. The molecule has 0 aromatic carbocycles. The number of hydrogen-bond donors (Lipinski definition) is 1. The van der Waals surface area contributed by atoms with Crippen molar-refractivity contribution in [2.75, 3.05) is 26.2 Å². The molecule has 1 saturated heterocycles. The van der Waals surface area contributed by atoms with E-state index in [4.69, 9.17) is 4.52 Å². The van der Waals surface area contributed by atoms with Crippen molar-refractivity contribution in [3.63, 3.8) is 0 Å². The Hall–Kier alpha value is -0.940. The van der Waals surface area contributed by atoms with Crippen LogP contribution in [0.5, 0.6) is 0 Å². The Kier molecular flexibility index (Phi) is 5.79. The Morgan fingerprint density at radius 3 is 2.95 bits per heavy atom. The fourth-order valence-electron chi connectivity index (χ4n) is 2.69. The summed E-state index contributed by atoms with van der Waals surface area (Å²) in [5.74, 6) is 2.33. The lowest BCUT2D eigenvalue weighted by Crippen LogP contribution is -2.38. The van der Waals surface area contributed by atoms with Gasteiger partial charge in [0.25, 0.3) is 0 Å². The van der Waals surface area contributed by atoms with Crippen molar-refractivity contribution in [1.29, 1.82) is 0 Å². The first-order valence-corrected chi connectivity index (χ1v) is 7.56. The minimum atomic E-state index is 0.758. The Balaban J connectivity index is 1.87. The van der Waals surface area contributed by atoms with Gasteiger partial charge in [0.05, 0.1) is 6.54 Å². The van der Waals surface area contributed by atoms with Gasteiger partial charge in [-0.3, -0.25) is 4.90 Å². The van der Waals surface area contributed by atoms with Crippen LogP contribution in [0.2, 0.25) is 0 Å². The van der Waals surface area contributed by atoms with Gasteiger partial charge in [0, 0.05) is 13.0 Å². The second-order valence-electron chi connectivity index (χ2n) is 5.41. The molecule has 2 heterocycles. The molecule has 1 atom stereocenters. The van der Waals surface area contributed by atoms with Crippen LogP contribution in [-0.2, 0) is 13.0 Å². The second kappa shape index (κ2) is 7.60. The van der Waals surface area contributed by atoms with Gasteiger partial charge in [0.1, 0.15) is 0 Å². The van der Waals surface area contributed by atoms with Crippen LogP contribution in [0.25, 0.3) is 0 Å². The molecule has 1 N–H and O–H groups in total. The standard InChI is InChI=1S/C14H26N4O/c1-3-8-18(10-12-6-5-7-15-9-12)11-14-16-13(4-2)17-19-14/h12,15H,3-11H2,1-2H3. The van der Waals surface area contributed by atoms with Crippen molar-refractivity contribution < 1.29 is 4.52 Å². The largest absolute Gasteiger partial charge is 0.338 e. The highest BCUT2D eigenvalue weighted by atomic mass is 16.5. The van der Waals surface area contributed by atoms with E-state index >= 15 is 0 Å². The predicted octanol–water partition coefficient (Wildman–Crippen LogP) is 1.84. The van der Waals surface area contributed by atoms with Gasteiger partial charge in [0.15, 0.2) is 5.82 Å². The van der Waals surface area contributed by atoms with Crippen LogP contribution < -0.4 is 5.32 Å². The summed E-state index contributed by atoms with van der Waals surface area (Å²) in [6.45, 7) is 9.60. The summed E-state index contributed by atoms with van der Waals surface area (Å²) < 4.78 is 5.30. The summed E-state index contributed by atoms with van der Waals surface area (Å²) in [6.07, 6.45) is 4.63. The van der Waals surface area contributed by atoms with E-state index in [1.54, 1.807) is 0 Å². The molecule has 0 amide bonds. The molecule has 1 aliphatic rings. The highest BCUT2D eigenvalue weighted by molar-refractivity contribution is 4.86. The minimum absolute atomic E-state index is 0.758. The zero-order chi connectivity index (χ0) is 13.5. The third-order valence-corrected chi connectivity index (χ3v) is 3.64. The van der Waals surface area contributed by atoms with Gasteiger partial charge in [-0.25, -0.2) is 0 Å². The molecule has 1 unspecified atom stereocenters. The molecular weight excluding hydrogens is 240 g/mol. The lowest BCUT2D eigenvalue weighted by molar-refractivity contribution is 0.180. The number of nitrogens with zero attached hydrogens (tertiary/aromatic N) is 3. The molecule has 5 nitrogen and oxygen atoms in total. The van der Waals surface area contributed by atoms with Crippen molar-refractivity contribution >= 4 is 0 Å². The SMILES string of the molecule is CCCN(Cc1nc(CC)no1)CC1CCCNC1. The van der Waals surface area contributed by atoms with Gasteiger partial charge >= 0.3 is 0 Å². The summed E-state index contributed by atoms with van der Waals surface area (Å²) in [5.41, 5.74) is 0. The van der Waals surface area contributed by atoms with E-state index in [9.17, 15) is 0 Å². The number of nitrogens with one attached hydrogen (secondary N) is 1. The predicted molar refractivity (Wildman–Crippen MR) is 74.8 cm³/mol. The molecule has 1 fully saturated rings. The summed E-state index contributed by atoms with van der Waals surface area (Å²) in [4.78, 5) is 6.86. The Morgan fingerprint density at radius 1 is 1.42 bits per heavy atom. The van der Waals surface area contributed by atoms with Crippen LogP contribution in [0.15, 0.2) is 4.52 Å². The van der Waals surface area contributed by atoms with Crippen molar-refractivity contribution in [1.82, 2.24) is 20.4 Å². The number of hydrogen-bond acceptors (Lipinski definition) is 5. The van der Waals surface area contributed by atoms with Gasteiger partial charge in [-0.1, -0.05) is 19.0 Å². The van der Waals surface area contributed by atoms with Gasteiger partial charge < -0.3 is 9.84 Å². The third-order valence-electron chi connectivity index (χ3n) is 3.64. The lowest BCUT2D eigenvalue weighted by Gasteiger charge is -2.29. The molecule has 0 aliphatic carbocycles. The van der Waals surface area contributed by atoms with Crippen molar-refractivity contribution in [2.45, 2.75) is 46.1 Å². The van der Waals surface area contributed by atoms with E-state index in [2.05, 4.69) is 27.3 Å². The minimum Gasteiger partial charge on any atom is -0.338 e. The first-order valence-electron chi connectivity index (χ1n) is 7.56. The average Bonchev–Trinajstić information content (AvgIpc) is 2.88. The quantitative estimate of drug-likeness (QED) is 0.816. The molecule has 1 aromatic heterocycles. The number of rotatable bonds is 7. The zero-order valence-corrected chi connectivity index (χ0v) is 12.2. The van der Waals surface area contributed by atoms with Gasteiger partial charge in [0.2, 0.25) is 5.89 Å². The van der Waals surface area contributed by atoms with Gasteiger partial charge in [-0.05, 0) is 44.8 Å². The Bertz CT molecular complexity index is 360. The second-order valence-corrected chi connectivity index (χ2v) is 5.41. The Labute approximate surface area is 115 Å². The maximum Gasteiger partial charge on any atom is 0.240 e. The number of aromatic nitrogens is 2. The molecular formula is C14H26N4O. The first-order chi connectivity index (χ1) is 9.31. The van der Waals surface area contributed by atoms with E-state index in [-0.39, 0.29) is 0 Å². The molecule has 108 valence electrons. The fraction of sp³-hybridized carbons (Fsp3) is 0.857. The maximum atomic E-state index is 5.30. The molecule has 2 rings (SSSR count). The van der Waals surface area contributed by atoms with Crippen molar-refractivity contribution in [3.05, 3.63) is 11.7 Å². The summed E-state index contributed by atoms with van der Waals surface area (Å²) in [7, 11) is 0. The molecule has 0 saturated carbocycles. The lowest BCUT2D eigenvalue weighted by atomic mass is 9.99. The van der Waals surface area contributed by atoms with Crippen LogP contribution in [0.1, 0.15) is 44.8 Å². The van der Waals surface area contributed by atoms with Gasteiger partial charge in [-0.2, -0.15) is 4.98 Å². The molecule has 1 aliphatic heterocycles. The van der Waals surface area contributed by atoms with E-state index in [1.165, 1.54) is 19.4 Å². The number of piperidine rings is 1. The highest BCUT2D eigenvalue weighted by Crippen LogP contribution is 2.14. The molecule has 5 heteroatoms. The van der Waals surface area contributed by atoms with Crippen LogP contribution in [0.3, 0.4) is 0 Å². The average molecular weight is 266 g/mol. The van der Waals surface area contributed by atoms with Crippen LogP contribution >= 0.6 is 0 Å². The zero-order valence-electron chi connectivity index (χ0n) is 12.2. The van der Waals surface area contributed by atoms with Gasteiger partial charge in [-0.15, -0.1) is 0 Å². The van der Waals surface area contributed by atoms with Crippen LogP contribution in [0.4, 0.5) is 0 Å². The fourth-order valence-corrected chi connectivity index (χ4v) is 2.69. The topological polar surface area (TPSA) is 54.2 Å². The third kappa shape index (κ3) is 4.58. The summed E-state index contributed by atoms with van der Waals surface area (Å²) in [5, 5.41) is 7.45. The van der Waals surface area contributed by atoms with Crippen LogP contribution in [-0.4, -0.2) is 41.2 Å². The van der Waals surface area contributed by atoms with E-state index in [0.29, 0.717) is 0 Å². The molecule has 1 aromatic rings. The first kappa shape index (κ1) is 14.5. The normalized spacial score (nSPS) is 20.1. The molecule has 0 radical (unpaired) electrons. The maximum absolute atomic E-state index is 5.30.